The second-order valence-corrected chi connectivity index (χ2v) is 8.29. The highest BCUT2D eigenvalue weighted by atomic mass is 16.5. The Morgan fingerprint density at radius 3 is 2.50 bits per heavy atom. The van der Waals surface area contributed by atoms with Crippen LogP contribution in [0.2, 0.25) is 0 Å². The molecule has 0 radical (unpaired) electrons. The maximum atomic E-state index is 12.0. The highest BCUT2D eigenvalue weighted by molar-refractivity contribution is 5.93. The van der Waals surface area contributed by atoms with Gasteiger partial charge in [0.25, 0.3) is 5.91 Å². The van der Waals surface area contributed by atoms with Crippen LogP contribution < -0.4 is 10.6 Å². The summed E-state index contributed by atoms with van der Waals surface area (Å²) in [6.07, 6.45) is 3.58. The van der Waals surface area contributed by atoms with Gasteiger partial charge in [0.2, 0.25) is 0 Å². The van der Waals surface area contributed by atoms with Gasteiger partial charge in [-0.1, -0.05) is 39.3 Å². The molecule has 2 rings (SSSR count). The minimum Gasteiger partial charge on any atom is -0.378 e. The summed E-state index contributed by atoms with van der Waals surface area (Å²) in [7, 11) is 5.30. The molecule has 6 nitrogen and oxygen atoms in total. The second-order valence-electron chi connectivity index (χ2n) is 8.29. The zero-order valence-corrected chi connectivity index (χ0v) is 18.2. The van der Waals surface area contributed by atoms with Crippen molar-refractivity contribution in [2.45, 2.75) is 58.7 Å². The number of nitrogens with zero attached hydrogens (tertiary/aromatic N) is 2. The molecule has 1 amide bonds. The largest absolute Gasteiger partial charge is 0.378 e. The van der Waals surface area contributed by atoms with Crippen LogP contribution in [0.5, 0.6) is 0 Å². The van der Waals surface area contributed by atoms with E-state index in [0.717, 1.165) is 37.4 Å². The summed E-state index contributed by atoms with van der Waals surface area (Å²) in [6, 6.07) is 8.01. The molecule has 1 fully saturated rings. The van der Waals surface area contributed by atoms with Gasteiger partial charge < -0.3 is 20.3 Å². The van der Waals surface area contributed by atoms with Crippen LogP contribution in [0.3, 0.4) is 0 Å². The molecule has 2 unspecified atom stereocenters. The lowest BCUT2D eigenvalue weighted by Crippen LogP contribution is -2.63. The van der Waals surface area contributed by atoms with Crippen molar-refractivity contribution in [2.24, 2.45) is 10.4 Å². The molecule has 156 valence electrons. The van der Waals surface area contributed by atoms with Crippen LogP contribution in [0.25, 0.3) is 0 Å². The van der Waals surface area contributed by atoms with Crippen LogP contribution in [-0.4, -0.2) is 56.7 Å². The van der Waals surface area contributed by atoms with Gasteiger partial charge in [-0.05, 0) is 30.5 Å². The third-order valence-corrected chi connectivity index (χ3v) is 5.60. The summed E-state index contributed by atoms with van der Waals surface area (Å²) >= 11 is 0. The highest BCUT2D eigenvalue weighted by Gasteiger charge is 2.49. The lowest BCUT2D eigenvalue weighted by molar-refractivity contribution is -0.113. The van der Waals surface area contributed by atoms with Crippen LogP contribution in [0.1, 0.15) is 56.0 Å². The summed E-state index contributed by atoms with van der Waals surface area (Å²) in [5, 5.41) is 6.89. The Labute approximate surface area is 169 Å². The number of hydrogen-bond acceptors (Lipinski definition) is 3. The Morgan fingerprint density at radius 2 is 1.96 bits per heavy atom. The van der Waals surface area contributed by atoms with E-state index in [2.05, 4.69) is 36.4 Å². The van der Waals surface area contributed by atoms with Gasteiger partial charge in [0.15, 0.2) is 5.96 Å². The quantitative estimate of drug-likeness (QED) is 0.408. The van der Waals surface area contributed by atoms with Gasteiger partial charge in [0, 0.05) is 51.3 Å². The van der Waals surface area contributed by atoms with Gasteiger partial charge >= 0.3 is 0 Å². The molecule has 0 aliphatic heterocycles. The molecule has 1 aromatic rings. The molecule has 0 heterocycles. The molecule has 0 saturated heterocycles. The fourth-order valence-corrected chi connectivity index (χ4v) is 3.35. The van der Waals surface area contributed by atoms with Gasteiger partial charge in [-0.2, -0.15) is 0 Å². The topological polar surface area (TPSA) is 66.0 Å². The summed E-state index contributed by atoms with van der Waals surface area (Å²) in [6.45, 7) is 8.18. The molecule has 1 aliphatic rings. The monoisotopic (exact) mass is 388 g/mol. The third kappa shape index (κ3) is 5.47. The van der Waals surface area contributed by atoms with Crippen molar-refractivity contribution in [3.05, 3.63) is 35.4 Å². The summed E-state index contributed by atoms with van der Waals surface area (Å²) in [5.74, 6) is 0.804. The Morgan fingerprint density at radius 1 is 1.29 bits per heavy atom. The molecule has 1 aliphatic carbocycles. The zero-order valence-electron chi connectivity index (χ0n) is 18.2. The van der Waals surface area contributed by atoms with Gasteiger partial charge in [0.1, 0.15) is 0 Å². The second kappa shape index (κ2) is 9.92. The van der Waals surface area contributed by atoms with Crippen LogP contribution >= 0.6 is 0 Å². The average Bonchev–Trinajstić information content (AvgIpc) is 2.68. The third-order valence-electron chi connectivity index (χ3n) is 5.60. The standard InChI is InChI=1S/C22H36N4O2/c1-7-8-13-28-19-14-18(22(19,2)3)25-21(23-4)24-15-16-9-11-17(12-10-16)20(27)26(5)6/h9-12,18-19H,7-8,13-15H2,1-6H3,(H2,23,24,25). The number of ether oxygens (including phenoxy) is 1. The van der Waals surface area contributed by atoms with Gasteiger partial charge in [-0.25, -0.2) is 0 Å². The van der Waals surface area contributed by atoms with Crippen molar-refractivity contribution in [3.8, 4) is 0 Å². The first kappa shape index (κ1) is 22.2. The van der Waals surface area contributed by atoms with Crippen LogP contribution in [-0.2, 0) is 11.3 Å². The minimum absolute atomic E-state index is 0.0138. The lowest BCUT2D eigenvalue weighted by atomic mass is 9.64. The van der Waals surface area contributed by atoms with E-state index >= 15 is 0 Å². The van der Waals surface area contributed by atoms with Crippen molar-refractivity contribution >= 4 is 11.9 Å². The summed E-state index contributed by atoms with van der Waals surface area (Å²) in [5.41, 5.74) is 1.88. The van der Waals surface area contributed by atoms with Crippen molar-refractivity contribution in [3.63, 3.8) is 0 Å². The fourth-order valence-electron chi connectivity index (χ4n) is 3.35. The number of guanidine groups is 1. The minimum atomic E-state index is 0.0138. The van der Waals surface area contributed by atoms with E-state index in [0.29, 0.717) is 24.3 Å². The first-order valence-electron chi connectivity index (χ1n) is 10.2. The average molecular weight is 389 g/mol. The van der Waals surface area contributed by atoms with E-state index in [9.17, 15) is 4.79 Å². The number of amides is 1. The molecule has 28 heavy (non-hydrogen) atoms. The zero-order chi connectivity index (χ0) is 20.7. The molecule has 1 aromatic carbocycles. The Bertz CT molecular complexity index is 668. The summed E-state index contributed by atoms with van der Waals surface area (Å²) in [4.78, 5) is 17.9. The first-order chi connectivity index (χ1) is 13.3. The predicted octanol–water partition coefficient (Wildman–Crippen LogP) is 3.04. The Balaban J connectivity index is 1.83. The van der Waals surface area contributed by atoms with E-state index in [1.165, 1.54) is 0 Å². The molecule has 2 N–H and O–H groups in total. The molecular formula is C22H36N4O2. The maximum Gasteiger partial charge on any atom is 0.253 e. The van der Waals surface area contributed by atoms with Crippen LogP contribution in [0, 0.1) is 5.41 Å². The number of carbonyl (C=O) groups is 1. The van der Waals surface area contributed by atoms with Gasteiger partial charge in [0.05, 0.1) is 6.10 Å². The predicted molar refractivity (Wildman–Crippen MR) is 115 cm³/mol. The molecule has 0 aromatic heterocycles. The van der Waals surface area contributed by atoms with E-state index in [1.54, 1.807) is 26.0 Å². The maximum absolute atomic E-state index is 12.0. The highest BCUT2D eigenvalue weighted by Crippen LogP contribution is 2.42. The number of carbonyl (C=O) groups excluding carboxylic acids is 1. The molecule has 6 heteroatoms. The van der Waals surface area contributed by atoms with Crippen LogP contribution in [0.4, 0.5) is 0 Å². The number of unbranched alkanes of at least 4 members (excludes halogenated alkanes) is 1. The van der Waals surface area contributed by atoms with Crippen molar-refractivity contribution < 1.29 is 9.53 Å². The van der Waals surface area contributed by atoms with Gasteiger partial charge in [-0.15, -0.1) is 0 Å². The fraction of sp³-hybridized carbons (Fsp3) is 0.636. The number of rotatable bonds is 8. The molecule has 0 spiro atoms. The van der Waals surface area contributed by atoms with E-state index in [4.69, 9.17) is 4.74 Å². The van der Waals surface area contributed by atoms with Crippen molar-refractivity contribution in [1.82, 2.24) is 15.5 Å². The normalized spacial score (nSPS) is 21.0. The molecular weight excluding hydrogens is 352 g/mol. The molecule has 1 saturated carbocycles. The lowest BCUT2D eigenvalue weighted by Gasteiger charge is -2.52. The van der Waals surface area contributed by atoms with E-state index in [-0.39, 0.29) is 11.3 Å². The SMILES string of the molecule is CCCCOC1CC(NC(=NC)NCc2ccc(C(=O)N(C)C)cc2)C1(C)C. The number of benzene rings is 1. The summed E-state index contributed by atoms with van der Waals surface area (Å²) < 4.78 is 6.02. The van der Waals surface area contributed by atoms with Gasteiger partial charge in [-0.3, -0.25) is 9.79 Å². The molecule has 2 atom stereocenters. The molecule has 0 bridgehead atoms. The van der Waals surface area contributed by atoms with E-state index in [1.807, 2.05) is 24.3 Å². The first-order valence-corrected chi connectivity index (χ1v) is 10.2. The van der Waals surface area contributed by atoms with Crippen LogP contribution in [0.15, 0.2) is 29.3 Å². The number of hydrogen-bond donors (Lipinski definition) is 2. The van der Waals surface area contributed by atoms with Crippen molar-refractivity contribution in [1.29, 1.82) is 0 Å². The smallest absolute Gasteiger partial charge is 0.253 e. The number of nitrogens with one attached hydrogen (secondary N) is 2. The Kier molecular flexibility index (Phi) is 7.87. The van der Waals surface area contributed by atoms with E-state index < -0.39 is 0 Å². The Hall–Kier alpha value is -2.08. The van der Waals surface area contributed by atoms with Crippen molar-refractivity contribution in [2.75, 3.05) is 27.7 Å². The number of aliphatic imine (C=N–C) groups is 1.